The lowest BCUT2D eigenvalue weighted by Crippen LogP contribution is -2.31. The van der Waals surface area contributed by atoms with Crippen molar-refractivity contribution in [2.75, 3.05) is 14.2 Å². The van der Waals surface area contributed by atoms with Crippen molar-refractivity contribution in [3.05, 3.63) is 29.3 Å². The maximum atomic E-state index is 5.47. The minimum atomic E-state index is 0.505. The second-order valence-electron chi connectivity index (χ2n) is 6.21. The van der Waals surface area contributed by atoms with E-state index in [0.29, 0.717) is 11.5 Å². The normalized spacial score (nSPS) is 22.6. The average Bonchev–Trinajstić information content (AvgIpc) is 2.95. The zero-order valence-corrected chi connectivity index (χ0v) is 12.2. The van der Waals surface area contributed by atoms with Gasteiger partial charge < -0.3 is 10.1 Å². The zero-order chi connectivity index (χ0) is 13.3. The number of hydrogen-bond acceptors (Lipinski definition) is 2. The molecule has 1 aromatic carbocycles. The molecule has 2 nitrogen and oxygen atoms in total. The van der Waals surface area contributed by atoms with Crippen molar-refractivity contribution in [1.82, 2.24) is 5.32 Å². The summed E-state index contributed by atoms with van der Waals surface area (Å²) in [5.74, 6) is 1.80. The topological polar surface area (TPSA) is 21.3 Å². The lowest BCUT2D eigenvalue weighted by Gasteiger charge is -2.20. The van der Waals surface area contributed by atoms with E-state index in [2.05, 4.69) is 51.3 Å². The molecule has 0 aliphatic heterocycles. The Bertz CT molecular complexity index is 425. The second-order valence-corrected chi connectivity index (χ2v) is 6.21. The summed E-state index contributed by atoms with van der Waals surface area (Å²) < 4.78 is 5.47. The Labute approximate surface area is 111 Å². The summed E-state index contributed by atoms with van der Waals surface area (Å²) in [5, 5.41) is 3.48. The molecule has 0 saturated heterocycles. The van der Waals surface area contributed by atoms with Gasteiger partial charge in [-0.05, 0) is 49.8 Å². The quantitative estimate of drug-likeness (QED) is 0.863. The Balaban J connectivity index is 2.14. The Morgan fingerprint density at radius 2 is 2.11 bits per heavy atom. The van der Waals surface area contributed by atoms with Gasteiger partial charge >= 0.3 is 0 Å². The molecule has 0 bridgehead atoms. The number of methoxy groups -OCH3 is 1. The van der Waals surface area contributed by atoms with Crippen LogP contribution in [0, 0.1) is 18.3 Å². The molecule has 1 N–H and O–H groups in total. The zero-order valence-electron chi connectivity index (χ0n) is 12.2. The molecule has 2 atom stereocenters. The summed E-state index contributed by atoms with van der Waals surface area (Å²) in [6.07, 6.45) is 2.38. The van der Waals surface area contributed by atoms with Gasteiger partial charge in [0.1, 0.15) is 5.75 Å². The van der Waals surface area contributed by atoms with Gasteiger partial charge in [0.25, 0.3) is 0 Å². The molecule has 1 aliphatic rings. The maximum absolute atomic E-state index is 5.47. The average molecular weight is 247 g/mol. The van der Waals surface area contributed by atoms with Gasteiger partial charge in [-0.2, -0.15) is 0 Å². The van der Waals surface area contributed by atoms with E-state index in [9.17, 15) is 0 Å². The van der Waals surface area contributed by atoms with Crippen LogP contribution in [-0.4, -0.2) is 20.2 Å². The fourth-order valence-electron chi connectivity index (χ4n) is 2.94. The van der Waals surface area contributed by atoms with Gasteiger partial charge in [-0.25, -0.2) is 0 Å². The molecule has 1 aliphatic carbocycles. The van der Waals surface area contributed by atoms with Crippen LogP contribution < -0.4 is 10.1 Å². The lowest BCUT2D eigenvalue weighted by atomic mass is 9.96. The first kappa shape index (κ1) is 13.4. The molecular formula is C16H25NO. The summed E-state index contributed by atoms with van der Waals surface area (Å²) in [6.45, 7) is 6.85. The van der Waals surface area contributed by atoms with Crippen molar-refractivity contribution in [1.29, 1.82) is 0 Å². The summed E-state index contributed by atoms with van der Waals surface area (Å²) in [6, 6.07) is 6.99. The van der Waals surface area contributed by atoms with Gasteiger partial charge in [0, 0.05) is 6.04 Å². The van der Waals surface area contributed by atoms with E-state index in [1.165, 1.54) is 17.5 Å². The third kappa shape index (κ3) is 2.69. The summed E-state index contributed by atoms with van der Waals surface area (Å²) in [7, 11) is 3.82. The summed E-state index contributed by atoms with van der Waals surface area (Å²) in [4.78, 5) is 0. The van der Waals surface area contributed by atoms with Crippen molar-refractivity contribution in [3.63, 3.8) is 0 Å². The third-order valence-corrected chi connectivity index (χ3v) is 4.32. The molecule has 0 amide bonds. The van der Waals surface area contributed by atoms with E-state index < -0.39 is 0 Å². The molecule has 2 rings (SSSR count). The summed E-state index contributed by atoms with van der Waals surface area (Å²) in [5.41, 5.74) is 3.13. The number of aryl methyl sites for hydroxylation is 1. The minimum absolute atomic E-state index is 0.505. The van der Waals surface area contributed by atoms with Crippen LogP contribution in [0.15, 0.2) is 18.2 Å². The van der Waals surface area contributed by atoms with E-state index in [0.717, 1.165) is 18.1 Å². The molecule has 0 heterocycles. The predicted molar refractivity (Wildman–Crippen MR) is 76.2 cm³/mol. The molecule has 100 valence electrons. The van der Waals surface area contributed by atoms with Gasteiger partial charge in [-0.1, -0.05) is 31.5 Å². The highest BCUT2D eigenvalue weighted by molar-refractivity contribution is 5.37. The van der Waals surface area contributed by atoms with Gasteiger partial charge in [0.15, 0.2) is 0 Å². The van der Waals surface area contributed by atoms with Crippen LogP contribution in [0.1, 0.15) is 31.4 Å². The van der Waals surface area contributed by atoms with Crippen molar-refractivity contribution in [2.45, 2.75) is 39.7 Å². The summed E-state index contributed by atoms with van der Waals surface area (Å²) >= 11 is 0. The first-order chi connectivity index (χ1) is 8.47. The molecule has 0 radical (unpaired) electrons. The Kier molecular flexibility index (Phi) is 3.67. The Morgan fingerprint density at radius 3 is 2.61 bits per heavy atom. The molecule has 18 heavy (non-hydrogen) atoms. The Hall–Kier alpha value is -1.02. The Morgan fingerprint density at radius 1 is 1.44 bits per heavy atom. The SMILES string of the molecule is CNC(Cc1cc(C)ccc1OC)C1CC1(C)C. The number of ether oxygens (including phenoxy) is 1. The first-order valence-electron chi connectivity index (χ1n) is 6.78. The van der Waals surface area contributed by atoms with E-state index in [1.54, 1.807) is 7.11 Å². The van der Waals surface area contributed by atoms with Crippen LogP contribution in [-0.2, 0) is 6.42 Å². The van der Waals surface area contributed by atoms with Crippen LogP contribution in [0.25, 0.3) is 0 Å². The monoisotopic (exact) mass is 247 g/mol. The second kappa shape index (κ2) is 4.93. The molecular weight excluding hydrogens is 222 g/mol. The van der Waals surface area contributed by atoms with Crippen LogP contribution in [0.4, 0.5) is 0 Å². The van der Waals surface area contributed by atoms with Gasteiger partial charge in [-0.15, -0.1) is 0 Å². The lowest BCUT2D eigenvalue weighted by molar-refractivity contribution is 0.393. The molecule has 1 fully saturated rings. The van der Waals surface area contributed by atoms with E-state index in [1.807, 2.05) is 0 Å². The highest BCUT2D eigenvalue weighted by Gasteiger charge is 2.49. The molecule has 1 aromatic rings. The van der Waals surface area contributed by atoms with Crippen molar-refractivity contribution >= 4 is 0 Å². The van der Waals surface area contributed by atoms with Gasteiger partial charge in [-0.3, -0.25) is 0 Å². The molecule has 2 heteroatoms. The van der Waals surface area contributed by atoms with E-state index in [4.69, 9.17) is 4.74 Å². The van der Waals surface area contributed by atoms with E-state index >= 15 is 0 Å². The highest BCUT2D eigenvalue weighted by atomic mass is 16.5. The van der Waals surface area contributed by atoms with Gasteiger partial charge in [0.05, 0.1) is 7.11 Å². The standard InChI is InChI=1S/C16H25NO/c1-11-6-7-15(18-5)12(8-11)9-14(17-4)13-10-16(13,2)3/h6-8,13-14,17H,9-10H2,1-5H3. The first-order valence-corrected chi connectivity index (χ1v) is 6.78. The van der Waals surface area contributed by atoms with Crippen LogP contribution in [0.5, 0.6) is 5.75 Å². The minimum Gasteiger partial charge on any atom is -0.496 e. The number of benzene rings is 1. The fourth-order valence-corrected chi connectivity index (χ4v) is 2.94. The number of hydrogen-bond donors (Lipinski definition) is 1. The van der Waals surface area contributed by atoms with Crippen molar-refractivity contribution < 1.29 is 4.74 Å². The highest BCUT2D eigenvalue weighted by Crippen LogP contribution is 2.54. The molecule has 0 spiro atoms. The largest absolute Gasteiger partial charge is 0.496 e. The third-order valence-electron chi connectivity index (χ3n) is 4.32. The number of nitrogens with one attached hydrogen (secondary N) is 1. The van der Waals surface area contributed by atoms with Crippen molar-refractivity contribution in [2.24, 2.45) is 11.3 Å². The van der Waals surface area contributed by atoms with Crippen LogP contribution in [0.3, 0.4) is 0 Å². The van der Waals surface area contributed by atoms with Gasteiger partial charge in [0.2, 0.25) is 0 Å². The molecule has 0 aromatic heterocycles. The molecule has 1 saturated carbocycles. The fraction of sp³-hybridized carbons (Fsp3) is 0.625. The number of likely N-dealkylation sites (N-methyl/N-ethyl adjacent to an activating group) is 1. The molecule has 2 unspecified atom stereocenters. The smallest absolute Gasteiger partial charge is 0.122 e. The maximum Gasteiger partial charge on any atom is 0.122 e. The van der Waals surface area contributed by atoms with Crippen LogP contribution >= 0.6 is 0 Å². The van der Waals surface area contributed by atoms with Crippen LogP contribution in [0.2, 0.25) is 0 Å². The van der Waals surface area contributed by atoms with E-state index in [-0.39, 0.29) is 0 Å². The number of rotatable bonds is 5. The van der Waals surface area contributed by atoms with Crippen molar-refractivity contribution in [3.8, 4) is 5.75 Å². The predicted octanol–water partition coefficient (Wildman–Crippen LogP) is 3.18.